The number of benzene rings is 3. The molecule has 3 heterocycles. The van der Waals surface area contributed by atoms with Crippen molar-refractivity contribution in [3.8, 4) is 11.4 Å². The first-order valence-electron chi connectivity index (χ1n) is 13.3. The Hall–Kier alpha value is -4.51. The van der Waals surface area contributed by atoms with E-state index in [-0.39, 0.29) is 12.0 Å². The van der Waals surface area contributed by atoms with Crippen LogP contribution in [0.15, 0.2) is 97.1 Å². The number of hydrogen-bond acceptors (Lipinski definition) is 5. The van der Waals surface area contributed by atoms with Crippen molar-refractivity contribution >= 4 is 34.2 Å². The number of rotatable bonds is 3. The molecule has 5 heteroatoms. The van der Waals surface area contributed by atoms with Crippen molar-refractivity contribution in [3.05, 3.63) is 114 Å². The maximum absolute atomic E-state index is 6.52. The molecule has 38 heavy (non-hydrogen) atoms. The molecular formula is C33H28N4O. The summed E-state index contributed by atoms with van der Waals surface area (Å²) in [5.41, 5.74) is 7.46. The Bertz CT molecular complexity index is 1640. The molecular weight excluding hydrogens is 468 g/mol. The first-order valence-corrected chi connectivity index (χ1v) is 13.3. The molecule has 2 unspecified atom stereocenters. The quantitative estimate of drug-likeness (QED) is 0.288. The third kappa shape index (κ3) is 3.66. The Labute approximate surface area is 222 Å². The summed E-state index contributed by atoms with van der Waals surface area (Å²) >= 11 is 0. The molecule has 4 aromatic rings. The van der Waals surface area contributed by atoms with E-state index in [0.717, 1.165) is 52.2 Å². The minimum atomic E-state index is 0.103. The van der Waals surface area contributed by atoms with E-state index in [0.29, 0.717) is 17.6 Å². The van der Waals surface area contributed by atoms with Gasteiger partial charge in [-0.05, 0) is 38.0 Å². The second-order valence-electron chi connectivity index (χ2n) is 10.0. The molecule has 2 atom stereocenters. The third-order valence-corrected chi connectivity index (χ3v) is 7.64. The highest BCUT2D eigenvalue weighted by Crippen LogP contribution is 2.52. The van der Waals surface area contributed by atoms with E-state index in [4.69, 9.17) is 19.7 Å². The van der Waals surface area contributed by atoms with Crippen molar-refractivity contribution in [1.29, 1.82) is 0 Å². The van der Waals surface area contributed by atoms with Gasteiger partial charge in [0, 0.05) is 33.8 Å². The van der Waals surface area contributed by atoms with E-state index in [1.54, 1.807) is 0 Å². The molecule has 1 aliphatic carbocycles. The van der Waals surface area contributed by atoms with Gasteiger partial charge >= 0.3 is 0 Å². The van der Waals surface area contributed by atoms with Gasteiger partial charge in [-0.3, -0.25) is 4.90 Å². The Kier molecular flexibility index (Phi) is 5.43. The maximum Gasteiger partial charge on any atom is 0.238 e. The number of anilines is 3. The molecule has 0 saturated carbocycles. The van der Waals surface area contributed by atoms with Crippen LogP contribution >= 0.6 is 0 Å². The zero-order valence-electron chi connectivity index (χ0n) is 21.5. The summed E-state index contributed by atoms with van der Waals surface area (Å²) < 4.78 is 6.52. The maximum atomic E-state index is 6.52. The smallest absolute Gasteiger partial charge is 0.238 e. The van der Waals surface area contributed by atoms with Crippen LogP contribution in [0.4, 0.5) is 17.3 Å². The molecule has 0 saturated heterocycles. The van der Waals surface area contributed by atoms with E-state index in [9.17, 15) is 0 Å². The Morgan fingerprint density at radius 1 is 0.737 bits per heavy atom. The number of hydrogen-bond donors (Lipinski definition) is 0. The van der Waals surface area contributed by atoms with Crippen molar-refractivity contribution in [3.63, 3.8) is 0 Å². The lowest BCUT2D eigenvalue weighted by atomic mass is 9.90. The molecule has 0 amide bonds. The van der Waals surface area contributed by atoms with Crippen molar-refractivity contribution < 1.29 is 4.74 Å². The van der Waals surface area contributed by atoms with Gasteiger partial charge in [0.05, 0.1) is 11.4 Å². The lowest BCUT2D eigenvalue weighted by Crippen LogP contribution is -2.19. The monoisotopic (exact) mass is 496 g/mol. The van der Waals surface area contributed by atoms with Gasteiger partial charge in [0.2, 0.25) is 5.95 Å². The average Bonchev–Trinajstić information content (AvgIpc) is 3.21. The molecule has 0 fully saturated rings. The van der Waals surface area contributed by atoms with Crippen LogP contribution in [0.5, 0.6) is 0 Å². The fraction of sp³-hybridized carbons (Fsp3) is 0.182. The summed E-state index contributed by atoms with van der Waals surface area (Å²) in [7, 11) is 0. The van der Waals surface area contributed by atoms with E-state index >= 15 is 0 Å². The first-order chi connectivity index (χ1) is 18.7. The molecule has 5 nitrogen and oxygen atoms in total. The molecule has 3 aromatic carbocycles. The molecule has 0 radical (unpaired) electrons. The van der Waals surface area contributed by atoms with Crippen LogP contribution in [0, 0.1) is 5.92 Å². The minimum absolute atomic E-state index is 0.103. The standard InChI is InChI=1S/C33H28N4O/c1-21-22(2)38-30-26-18-10-12-20-28(26)37(27-19-11-9-17-25(27)29(21)30)33-35-31(23-13-5-3-6-14-23)34-32(36-33)24-15-7-4-8-16-24/h3,5-7,9-22H,4,8H2,1-2H3. The van der Waals surface area contributed by atoms with Gasteiger partial charge in [0.1, 0.15) is 11.9 Å². The van der Waals surface area contributed by atoms with Gasteiger partial charge in [-0.1, -0.05) is 85.8 Å². The highest BCUT2D eigenvalue weighted by molar-refractivity contribution is 6.02. The van der Waals surface area contributed by atoms with Crippen molar-refractivity contribution in [2.75, 3.05) is 4.90 Å². The van der Waals surface area contributed by atoms with Gasteiger partial charge in [-0.25, -0.2) is 4.98 Å². The molecule has 3 aliphatic rings. The van der Waals surface area contributed by atoms with Crippen LogP contribution in [0.1, 0.15) is 43.6 Å². The lowest BCUT2D eigenvalue weighted by molar-refractivity contribution is 0.178. The molecule has 2 aliphatic heterocycles. The number of fused-ring (bicyclic) bond motifs is 4. The molecule has 0 N–H and O–H groups in total. The summed E-state index contributed by atoms with van der Waals surface area (Å²) in [6, 6.07) is 27.1. The number of para-hydroxylation sites is 2. The van der Waals surface area contributed by atoms with Crippen molar-refractivity contribution in [2.45, 2.75) is 32.8 Å². The number of ether oxygens (including phenoxy) is 1. The summed E-state index contributed by atoms with van der Waals surface area (Å²) in [5, 5.41) is 0. The Balaban J connectivity index is 1.51. The molecule has 0 spiro atoms. The normalized spacial score (nSPS) is 19.7. The van der Waals surface area contributed by atoms with E-state index < -0.39 is 0 Å². The highest BCUT2D eigenvalue weighted by atomic mass is 16.5. The summed E-state index contributed by atoms with van der Waals surface area (Å²) in [6.45, 7) is 4.40. The molecule has 1 aromatic heterocycles. The van der Waals surface area contributed by atoms with Gasteiger partial charge < -0.3 is 4.74 Å². The fourth-order valence-electron chi connectivity index (χ4n) is 5.56. The van der Waals surface area contributed by atoms with Gasteiger partial charge in [-0.2, -0.15) is 9.97 Å². The zero-order chi connectivity index (χ0) is 25.6. The van der Waals surface area contributed by atoms with Gasteiger partial charge in [-0.15, -0.1) is 0 Å². The second-order valence-corrected chi connectivity index (χ2v) is 10.0. The van der Waals surface area contributed by atoms with E-state index in [1.807, 2.05) is 30.3 Å². The van der Waals surface area contributed by atoms with Crippen molar-refractivity contribution in [1.82, 2.24) is 15.0 Å². The van der Waals surface area contributed by atoms with Crippen LogP contribution in [0.2, 0.25) is 0 Å². The highest BCUT2D eigenvalue weighted by Gasteiger charge is 2.38. The number of aromatic nitrogens is 3. The van der Waals surface area contributed by atoms with Gasteiger partial charge in [0.15, 0.2) is 11.6 Å². The topological polar surface area (TPSA) is 51.1 Å². The number of nitrogens with zero attached hydrogens (tertiary/aromatic N) is 4. The summed E-state index contributed by atoms with van der Waals surface area (Å²) in [5.74, 6) is 3.14. The zero-order valence-corrected chi connectivity index (χ0v) is 21.5. The predicted molar refractivity (Wildman–Crippen MR) is 153 cm³/mol. The largest absolute Gasteiger partial charge is 0.489 e. The Morgan fingerprint density at radius 3 is 2.18 bits per heavy atom. The predicted octanol–water partition coefficient (Wildman–Crippen LogP) is 7.98. The van der Waals surface area contributed by atoms with Crippen LogP contribution in [0.25, 0.3) is 28.3 Å². The molecule has 7 rings (SSSR count). The Morgan fingerprint density at radius 2 is 1.42 bits per heavy atom. The van der Waals surface area contributed by atoms with E-state index in [2.05, 4.69) is 85.5 Å². The number of allylic oxidation sites excluding steroid dienone is 4. The third-order valence-electron chi connectivity index (χ3n) is 7.64. The SMILES string of the molecule is CC1OC2=C(c3ccccc3N(c3nc(C4=CCCC=C4)nc(-c4ccccc4)n3)c3ccccc32)C1C. The molecule has 0 bridgehead atoms. The fourth-order valence-corrected chi connectivity index (χ4v) is 5.56. The molecule has 186 valence electrons. The van der Waals surface area contributed by atoms with Crippen LogP contribution in [-0.2, 0) is 4.74 Å². The van der Waals surface area contributed by atoms with Gasteiger partial charge in [0.25, 0.3) is 0 Å². The minimum Gasteiger partial charge on any atom is -0.489 e. The summed E-state index contributed by atoms with van der Waals surface area (Å²) in [6.07, 6.45) is 8.64. The van der Waals surface area contributed by atoms with Crippen molar-refractivity contribution in [2.24, 2.45) is 5.92 Å². The lowest BCUT2D eigenvalue weighted by Gasteiger charge is -2.27. The first kappa shape index (κ1) is 22.7. The van der Waals surface area contributed by atoms with Crippen LogP contribution < -0.4 is 4.90 Å². The summed E-state index contributed by atoms with van der Waals surface area (Å²) in [4.78, 5) is 17.3. The second kappa shape index (κ2) is 9.10. The van der Waals surface area contributed by atoms with E-state index in [1.165, 1.54) is 5.57 Å². The van der Waals surface area contributed by atoms with Crippen LogP contribution in [0.3, 0.4) is 0 Å². The van der Waals surface area contributed by atoms with Crippen LogP contribution in [-0.4, -0.2) is 21.1 Å². The average molecular weight is 497 g/mol.